The molecule has 0 unspecified atom stereocenters. The van der Waals surface area contributed by atoms with Gasteiger partial charge in [0, 0.05) is 24.2 Å². The highest BCUT2D eigenvalue weighted by atomic mass is 16.7. The van der Waals surface area contributed by atoms with Crippen LogP contribution >= 0.6 is 0 Å². The molecular weight excluding hydrogens is 556 g/mol. The van der Waals surface area contributed by atoms with Gasteiger partial charge in [0.05, 0.1) is 37.1 Å². The van der Waals surface area contributed by atoms with E-state index >= 15 is 0 Å². The van der Waals surface area contributed by atoms with E-state index in [2.05, 4.69) is 27.4 Å². The molecule has 0 amide bonds. The van der Waals surface area contributed by atoms with Crippen LogP contribution in [0.15, 0.2) is 12.2 Å². The zero-order valence-electron chi connectivity index (χ0n) is 25.8. The molecule has 4 saturated carbocycles. The van der Waals surface area contributed by atoms with Crippen LogP contribution in [0, 0.1) is 40.4 Å². The molecule has 10 heteroatoms. The third-order valence-corrected chi connectivity index (χ3v) is 14.0. The molecule has 244 valence electrons. The zero-order valence-corrected chi connectivity index (χ0v) is 25.8. The van der Waals surface area contributed by atoms with Crippen LogP contribution in [0.4, 0.5) is 0 Å². The molecule has 17 atom stereocenters. The minimum absolute atomic E-state index is 0.0835. The van der Waals surface area contributed by atoms with Crippen molar-refractivity contribution in [2.24, 2.45) is 40.4 Å². The van der Waals surface area contributed by atoms with E-state index in [9.17, 15) is 30.6 Å². The Balaban J connectivity index is 1.17. The van der Waals surface area contributed by atoms with E-state index in [-0.39, 0.29) is 36.2 Å². The second-order valence-electron chi connectivity index (χ2n) is 15.7. The summed E-state index contributed by atoms with van der Waals surface area (Å²) in [7, 11) is 0. The smallest absolute Gasteiger partial charge is 0.187 e. The van der Waals surface area contributed by atoms with Crippen LogP contribution in [0.2, 0.25) is 0 Å². The molecule has 0 bridgehead atoms. The van der Waals surface area contributed by atoms with Gasteiger partial charge in [0.1, 0.15) is 24.4 Å². The number of hydrogen-bond donors (Lipinski definition) is 6. The number of aliphatic hydroxyl groups is 6. The summed E-state index contributed by atoms with van der Waals surface area (Å²) in [5.74, 6) is 1.02. The van der Waals surface area contributed by atoms with E-state index in [0.29, 0.717) is 30.8 Å². The molecule has 43 heavy (non-hydrogen) atoms. The summed E-state index contributed by atoms with van der Waals surface area (Å²) in [5.41, 5.74) is -0.551. The number of rotatable bonds is 3. The van der Waals surface area contributed by atoms with Crippen molar-refractivity contribution in [2.45, 2.75) is 139 Å². The van der Waals surface area contributed by atoms with Crippen LogP contribution in [-0.4, -0.2) is 104 Å². The molecule has 3 saturated heterocycles. The van der Waals surface area contributed by atoms with E-state index in [1.165, 1.54) is 0 Å². The molecule has 3 aliphatic heterocycles. The Labute approximate surface area is 254 Å². The first-order chi connectivity index (χ1) is 20.3. The van der Waals surface area contributed by atoms with Crippen LogP contribution in [0.25, 0.3) is 0 Å². The Bertz CT molecular complexity index is 1090. The largest absolute Gasteiger partial charge is 0.394 e. The van der Waals surface area contributed by atoms with Crippen LogP contribution < -0.4 is 0 Å². The van der Waals surface area contributed by atoms with Gasteiger partial charge in [-0.1, -0.05) is 32.9 Å². The first kappa shape index (κ1) is 31.0. The standard InChI is InChI=1S/C33H52O10/c1-16-5-10-33(40-15-16)17(2)25-22(42-33)12-21-19-6-9-32(43-29-28(39)27(38)26(37)23(14-34)41-29)13-18(35)11-24(36)31(32,4)20(19)7-8-30(21,25)3/h17-29,34-39H,1,5-15H2,2-4H3/t17-,18-,19+,20-,21-,22-,23+,24+,25-,26+,27-,28+,29-,30-,31-,32-,33+/m0/s1. The predicted molar refractivity (Wildman–Crippen MR) is 153 cm³/mol. The highest BCUT2D eigenvalue weighted by Crippen LogP contribution is 2.72. The monoisotopic (exact) mass is 608 g/mol. The summed E-state index contributed by atoms with van der Waals surface area (Å²) in [4.78, 5) is 0. The van der Waals surface area contributed by atoms with Gasteiger partial charge in [-0.25, -0.2) is 0 Å². The van der Waals surface area contributed by atoms with Crippen LogP contribution in [0.1, 0.15) is 78.6 Å². The van der Waals surface area contributed by atoms with Gasteiger partial charge in [0.15, 0.2) is 12.1 Å². The van der Waals surface area contributed by atoms with Crippen molar-refractivity contribution in [1.29, 1.82) is 0 Å². The van der Waals surface area contributed by atoms with Gasteiger partial charge in [-0.05, 0) is 74.0 Å². The lowest BCUT2D eigenvalue weighted by molar-refractivity contribution is -0.371. The second-order valence-corrected chi connectivity index (χ2v) is 15.7. The van der Waals surface area contributed by atoms with Crippen molar-refractivity contribution in [3.63, 3.8) is 0 Å². The van der Waals surface area contributed by atoms with Gasteiger partial charge in [-0.2, -0.15) is 0 Å². The van der Waals surface area contributed by atoms with Crippen molar-refractivity contribution >= 4 is 0 Å². The minimum Gasteiger partial charge on any atom is -0.394 e. The topological polar surface area (TPSA) is 158 Å². The van der Waals surface area contributed by atoms with Crippen LogP contribution in [0.3, 0.4) is 0 Å². The maximum atomic E-state index is 11.8. The molecule has 1 spiro atoms. The first-order valence-corrected chi connectivity index (χ1v) is 16.6. The van der Waals surface area contributed by atoms with Crippen LogP contribution in [0.5, 0.6) is 0 Å². The summed E-state index contributed by atoms with van der Waals surface area (Å²) in [6.45, 7) is 11.0. The van der Waals surface area contributed by atoms with Gasteiger partial charge in [0.2, 0.25) is 0 Å². The summed E-state index contributed by atoms with van der Waals surface area (Å²) >= 11 is 0. The number of aliphatic hydroxyl groups excluding tert-OH is 6. The third-order valence-electron chi connectivity index (χ3n) is 14.0. The molecule has 7 rings (SSSR count). The Hall–Kier alpha value is -0.660. The molecule has 0 radical (unpaired) electrons. The second kappa shape index (κ2) is 10.4. The molecular formula is C33H52O10. The van der Waals surface area contributed by atoms with E-state index in [0.717, 1.165) is 44.1 Å². The van der Waals surface area contributed by atoms with Crippen molar-refractivity contribution in [3.05, 3.63) is 12.2 Å². The molecule has 0 aromatic heterocycles. The van der Waals surface area contributed by atoms with E-state index in [4.69, 9.17) is 18.9 Å². The highest BCUT2D eigenvalue weighted by Gasteiger charge is 2.72. The van der Waals surface area contributed by atoms with Crippen molar-refractivity contribution in [1.82, 2.24) is 0 Å². The number of ether oxygens (including phenoxy) is 4. The fraction of sp³-hybridized carbons (Fsp3) is 0.939. The summed E-state index contributed by atoms with van der Waals surface area (Å²) in [6, 6.07) is 0. The number of hydrogen-bond acceptors (Lipinski definition) is 10. The van der Waals surface area contributed by atoms with E-state index in [1.54, 1.807) is 0 Å². The molecule has 7 aliphatic rings. The van der Waals surface area contributed by atoms with Crippen molar-refractivity contribution in [2.75, 3.05) is 13.2 Å². The lowest BCUT2D eigenvalue weighted by Crippen LogP contribution is -2.71. The molecule has 7 fully saturated rings. The average molecular weight is 609 g/mol. The summed E-state index contributed by atoms with van der Waals surface area (Å²) in [5, 5.41) is 64.2. The Morgan fingerprint density at radius 2 is 1.72 bits per heavy atom. The quantitative estimate of drug-likeness (QED) is 0.205. The SMILES string of the molecule is C=C1CC[C@@]2(OC1)O[C@H]1C[C@H]3[C@@H]4CC[C@]5(O[C@@H]6O[C@H](CO)[C@@H](O)[C@H](O)[C@H]6O)C[C@@H](O)C[C@@H](O)[C@]5(C)[C@H]4CC[C@]3(C)[C@H]1[C@@H]2C. The number of fused-ring (bicyclic) bond motifs is 7. The van der Waals surface area contributed by atoms with Crippen molar-refractivity contribution < 1.29 is 49.6 Å². The summed E-state index contributed by atoms with van der Waals surface area (Å²) in [6.07, 6.45) is -1.90. The minimum atomic E-state index is -1.56. The zero-order chi connectivity index (χ0) is 30.7. The lowest BCUT2D eigenvalue weighted by atomic mass is 9.42. The molecule has 0 aromatic rings. The molecule has 4 aliphatic carbocycles. The molecule has 6 N–H and O–H groups in total. The molecule has 3 heterocycles. The van der Waals surface area contributed by atoms with Gasteiger partial charge in [-0.15, -0.1) is 0 Å². The first-order valence-electron chi connectivity index (χ1n) is 16.6. The van der Waals surface area contributed by atoms with Gasteiger partial charge in [0.25, 0.3) is 0 Å². The Morgan fingerprint density at radius 1 is 0.953 bits per heavy atom. The van der Waals surface area contributed by atoms with Crippen molar-refractivity contribution in [3.8, 4) is 0 Å². The Morgan fingerprint density at radius 3 is 2.42 bits per heavy atom. The predicted octanol–water partition coefficient (Wildman–Crippen LogP) is 1.62. The van der Waals surface area contributed by atoms with E-state index < -0.39 is 66.3 Å². The third kappa shape index (κ3) is 4.21. The fourth-order valence-corrected chi connectivity index (χ4v) is 11.8. The van der Waals surface area contributed by atoms with E-state index in [1.807, 2.05) is 0 Å². The molecule has 10 nitrogen and oxygen atoms in total. The maximum Gasteiger partial charge on any atom is 0.187 e. The Kier molecular flexibility index (Phi) is 7.51. The van der Waals surface area contributed by atoms with Gasteiger partial charge >= 0.3 is 0 Å². The fourth-order valence-electron chi connectivity index (χ4n) is 11.8. The average Bonchev–Trinajstić information content (AvgIpc) is 3.41. The summed E-state index contributed by atoms with van der Waals surface area (Å²) < 4.78 is 25.7. The van der Waals surface area contributed by atoms with Crippen LogP contribution in [-0.2, 0) is 18.9 Å². The lowest BCUT2D eigenvalue weighted by Gasteiger charge is -2.67. The maximum absolute atomic E-state index is 11.8. The highest BCUT2D eigenvalue weighted by molar-refractivity contribution is 5.20. The van der Waals surface area contributed by atoms with Gasteiger partial charge in [-0.3, -0.25) is 0 Å². The normalized spacial score (nSPS) is 59.8. The van der Waals surface area contributed by atoms with Gasteiger partial charge < -0.3 is 49.6 Å². The molecule has 0 aromatic carbocycles.